The fourth-order valence-electron chi connectivity index (χ4n) is 1.80. The maximum absolute atomic E-state index is 12.3. The van der Waals surface area contributed by atoms with Gasteiger partial charge in [-0.1, -0.05) is 30.3 Å². The van der Waals surface area contributed by atoms with Crippen molar-refractivity contribution < 1.29 is 9.90 Å². The molecule has 6 heteroatoms. The molecular formula is C15H12I3NO2. The second-order valence-corrected chi connectivity index (χ2v) is 7.87. The lowest BCUT2D eigenvalue weighted by molar-refractivity contribution is 0.0915. The van der Waals surface area contributed by atoms with Crippen LogP contribution in [-0.2, 0) is 0 Å². The number of aliphatic hydroxyl groups excluding tert-OH is 1. The van der Waals surface area contributed by atoms with E-state index >= 15 is 0 Å². The van der Waals surface area contributed by atoms with Crippen LogP contribution in [0, 0.1) is 10.7 Å². The van der Waals surface area contributed by atoms with Gasteiger partial charge in [0.1, 0.15) is 0 Å². The molecule has 0 radical (unpaired) electrons. The van der Waals surface area contributed by atoms with E-state index in [9.17, 15) is 9.90 Å². The van der Waals surface area contributed by atoms with E-state index in [1.165, 1.54) is 0 Å². The van der Waals surface area contributed by atoms with Crippen LogP contribution >= 0.6 is 67.8 Å². The third kappa shape index (κ3) is 4.76. The fourth-order valence-corrected chi connectivity index (χ4v) is 4.20. The first-order valence-corrected chi connectivity index (χ1v) is 9.38. The Labute approximate surface area is 164 Å². The number of aliphatic hydroxyl groups is 1. The molecule has 0 aliphatic rings. The summed E-state index contributed by atoms with van der Waals surface area (Å²) in [7, 11) is 0. The second-order valence-electron chi connectivity index (χ2n) is 4.39. The molecule has 0 aromatic heterocycles. The van der Waals surface area contributed by atoms with E-state index in [0.29, 0.717) is 5.56 Å². The minimum absolute atomic E-state index is 0.161. The average molecular weight is 619 g/mol. The summed E-state index contributed by atoms with van der Waals surface area (Å²) in [6.07, 6.45) is -0.699. The molecule has 2 aromatic carbocycles. The first-order valence-electron chi connectivity index (χ1n) is 6.15. The first-order chi connectivity index (χ1) is 9.99. The second kappa shape index (κ2) is 8.06. The van der Waals surface area contributed by atoms with Crippen LogP contribution in [0.5, 0.6) is 0 Å². The number of hydrogen-bond donors (Lipinski definition) is 2. The molecule has 0 saturated carbocycles. The molecule has 2 N–H and O–H groups in total. The van der Waals surface area contributed by atoms with Gasteiger partial charge in [0.25, 0.3) is 5.91 Å². The zero-order valence-corrected chi connectivity index (χ0v) is 17.3. The number of amides is 1. The minimum Gasteiger partial charge on any atom is -0.387 e. The van der Waals surface area contributed by atoms with Crippen molar-refractivity contribution in [3.8, 4) is 0 Å². The van der Waals surface area contributed by atoms with Crippen LogP contribution in [-0.4, -0.2) is 17.6 Å². The summed E-state index contributed by atoms with van der Waals surface area (Å²) < 4.78 is 3.00. The number of benzene rings is 2. The first kappa shape index (κ1) is 17.4. The van der Waals surface area contributed by atoms with E-state index in [1.807, 2.05) is 42.5 Å². The predicted octanol–water partition coefficient (Wildman–Crippen LogP) is 3.96. The molecular weight excluding hydrogens is 607 g/mol. The third-order valence-corrected chi connectivity index (χ3v) is 6.55. The maximum Gasteiger partial charge on any atom is 0.252 e. The van der Waals surface area contributed by atoms with Crippen LogP contribution < -0.4 is 5.32 Å². The molecule has 2 aromatic rings. The molecule has 0 saturated heterocycles. The van der Waals surface area contributed by atoms with Gasteiger partial charge in [0.15, 0.2) is 0 Å². The quantitative estimate of drug-likeness (QED) is 0.403. The fraction of sp³-hybridized carbons (Fsp3) is 0.133. The van der Waals surface area contributed by atoms with Crippen LogP contribution in [0.1, 0.15) is 22.0 Å². The van der Waals surface area contributed by atoms with Gasteiger partial charge in [0.2, 0.25) is 0 Å². The maximum atomic E-state index is 12.3. The van der Waals surface area contributed by atoms with E-state index < -0.39 is 6.10 Å². The van der Waals surface area contributed by atoms with Gasteiger partial charge in [-0.05, 0) is 85.5 Å². The largest absolute Gasteiger partial charge is 0.387 e. The highest BCUT2D eigenvalue weighted by molar-refractivity contribution is 14.1. The molecule has 21 heavy (non-hydrogen) atoms. The van der Waals surface area contributed by atoms with E-state index in [-0.39, 0.29) is 12.5 Å². The van der Waals surface area contributed by atoms with Crippen LogP contribution in [0.2, 0.25) is 0 Å². The predicted molar refractivity (Wildman–Crippen MR) is 108 cm³/mol. The number of carbonyl (C=O) groups is 1. The topological polar surface area (TPSA) is 49.3 Å². The zero-order chi connectivity index (χ0) is 15.4. The molecule has 0 aliphatic carbocycles. The molecule has 1 amide bonds. The zero-order valence-electron chi connectivity index (χ0n) is 10.8. The highest BCUT2D eigenvalue weighted by Crippen LogP contribution is 2.23. The highest BCUT2D eigenvalue weighted by Gasteiger charge is 2.15. The van der Waals surface area contributed by atoms with Gasteiger partial charge in [-0.3, -0.25) is 4.79 Å². The summed E-state index contributed by atoms with van der Waals surface area (Å²) in [5.41, 5.74) is 1.44. The van der Waals surface area contributed by atoms with Crippen molar-refractivity contribution in [2.24, 2.45) is 0 Å². The van der Waals surface area contributed by atoms with Crippen molar-refractivity contribution >= 4 is 73.7 Å². The van der Waals surface area contributed by atoms with Gasteiger partial charge in [-0.15, -0.1) is 0 Å². The summed E-state index contributed by atoms with van der Waals surface area (Å²) in [6, 6.07) is 13.2. The van der Waals surface area contributed by atoms with E-state index in [0.717, 1.165) is 16.3 Å². The SMILES string of the molecule is O=C(NCC(O)c1ccccc1)c1cc(I)cc(I)c1I. The van der Waals surface area contributed by atoms with Gasteiger partial charge in [-0.25, -0.2) is 0 Å². The van der Waals surface area contributed by atoms with Crippen molar-refractivity contribution in [3.63, 3.8) is 0 Å². The van der Waals surface area contributed by atoms with E-state index in [1.54, 1.807) is 0 Å². The summed E-state index contributed by atoms with van der Waals surface area (Å²) >= 11 is 6.58. The smallest absolute Gasteiger partial charge is 0.252 e. The average Bonchev–Trinajstić information content (AvgIpc) is 2.49. The highest BCUT2D eigenvalue weighted by atomic mass is 127. The Bertz CT molecular complexity index is 647. The molecule has 1 unspecified atom stereocenters. The van der Waals surface area contributed by atoms with Crippen molar-refractivity contribution in [3.05, 3.63) is 64.3 Å². The number of carbonyl (C=O) groups excluding carboxylic acids is 1. The Morgan fingerprint density at radius 2 is 1.81 bits per heavy atom. The Balaban J connectivity index is 2.06. The lowest BCUT2D eigenvalue weighted by Gasteiger charge is -2.13. The van der Waals surface area contributed by atoms with Crippen LogP contribution in [0.15, 0.2) is 42.5 Å². The van der Waals surface area contributed by atoms with Crippen molar-refractivity contribution in [2.75, 3.05) is 6.54 Å². The Morgan fingerprint density at radius 1 is 1.14 bits per heavy atom. The van der Waals surface area contributed by atoms with E-state index in [4.69, 9.17) is 0 Å². The standard InChI is InChI=1S/C15H12I3NO2/c16-10-6-11(14(18)12(17)7-10)15(21)19-8-13(20)9-4-2-1-3-5-9/h1-7,13,20H,8H2,(H,19,21). The molecule has 0 aliphatic heterocycles. The number of halogens is 3. The van der Waals surface area contributed by atoms with Crippen molar-refractivity contribution in [2.45, 2.75) is 6.10 Å². The van der Waals surface area contributed by atoms with Crippen molar-refractivity contribution in [1.82, 2.24) is 5.32 Å². The molecule has 0 bridgehead atoms. The van der Waals surface area contributed by atoms with Gasteiger partial charge >= 0.3 is 0 Å². The van der Waals surface area contributed by atoms with Gasteiger partial charge in [0, 0.05) is 17.3 Å². The summed E-state index contributed by atoms with van der Waals surface area (Å²) in [6.45, 7) is 0.195. The lowest BCUT2D eigenvalue weighted by Crippen LogP contribution is -2.29. The number of nitrogens with one attached hydrogen (secondary N) is 1. The molecule has 3 nitrogen and oxygen atoms in total. The molecule has 0 spiro atoms. The molecule has 0 heterocycles. The number of rotatable bonds is 4. The van der Waals surface area contributed by atoms with Crippen LogP contribution in [0.4, 0.5) is 0 Å². The number of hydrogen-bond acceptors (Lipinski definition) is 2. The van der Waals surface area contributed by atoms with Crippen molar-refractivity contribution in [1.29, 1.82) is 0 Å². The Hall–Kier alpha value is 0.0600. The van der Waals surface area contributed by atoms with Gasteiger partial charge in [-0.2, -0.15) is 0 Å². The molecule has 110 valence electrons. The lowest BCUT2D eigenvalue weighted by atomic mass is 10.1. The molecule has 1 atom stereocenters. The van der Waals surface area contributed by atoms with Gasteiger partial charge < -0.3 is 10.4 Å². The van der Waals surface area contributed by atoms with Crippen LogP contribution in [0.3, 0.4) is 0 Å². The molecule has 0 fully saturated rings. The van der Waals surface area contributed by atoms with Crippen LogP contribution in [0.25, 0.3) is 0 Å². The Morgan fingerprint density at radius 3 is 2.48 bits per heavy atom. The normalized spacial score (nSPS) is 12.0. The monoisotopic (exact) mass is 619 g/mol. The summed E-state index contributed by atoms with van der Waals surface area (Å²) in [5.74, 6) is -0.161. The summed E-state index contributed by atoms with van der Waals surface area (Å²) in [5, 5.41) is 12.9. The molecule has 2 rings (SSSR count). The third-order valence-electron chi connectivity index (χ3n) is 2.88. The summed E-state index contributed by atoms with van der Waals surface area (Å²) in [4.78, 5) is 12.3. The Kier molecular flexibility index (Phi) is 6.69. The minimum atomic E-state index is -0.699. The van der Waals surface area contributed by atoms with Gasteiger partial charge in [0.05, 0.1) is 11.7 Å². The van der Waals surface area contributed by atoms with E-state index in [2.05, 4.69) is 73.1 Å².